The number of nitrogens with one attached hydrogen (secondary N) is 2. The standard InChI is InChI=1S/C33H34FN3O7S/c1-23(33(39)35-20-25-6-4-5-7-31(25)43-3)37(21-24-8-14-28(42-2)15-9-24)32(38)22-44-29-16-18-30(19-17-29)45(40,41)36-27-12-10-26(34)11-13-27/h4-19,23,36H,20-22H2,1-3H3,(H,35,39). The molecule has 2 N–H and O–H groups in total. The Morgan fingerprint density at radius 2 is 1.49 bits per heavy atom. The SMILES string of the molecule is COc1ccc(CN(C(=O)COc2ccc(S(=O)(=O)Nc3ccc(F)cc3)cc2)C(C)C(=O)NCc2ccccc2OC)cc1. The molecular formula is C33H34FN3O7S. The first-order chi connectivity index (χ1) is 21.6. The second-order valence-corrected chi connectivity index (χ2v) is 11.6. The minimum atomic E-state index is -3.94. The summed E-state index contributed by atoms with van der Waals surface area (Å²) < 4.78 is 57.3. The Hall–Kier alpha value is -5.10. The van der Waals surface area contributed by atoms with E-state index in [0.29, 0.717) is 11.5 Å². The molecule has 0 heterocycles. The van der Waals surface area contributed by atoms with Crippen molar-refractivity contribution in [3.05, 3.63) is 114 Å². The zero-order chi connectivity index (χ0) is 32.4. The number of sulfonamides is 1. The Kier molecular flexibility index (Phi) is 11.0. The predicted molar refractivity (Wildman–Crippen MR) is 167 cm³/mol. The molecular weight excluding hydrogens is 601 g/mol. The molecule has 45 heavy (non-hydrogen) atoms. The number of hydrogen-bond acceptors (Lipinski definition) is 7. The van der Waals surface area contributed by atoms with E-state index in [2.05, 4.69) is 10.0 Å². The Morgan fingerprint density at radius 1 is 0.844 bits per heavy atom. The van der Waals surface area contributed by atoms with Crippen molar-refractivity contribution in [1.82, 2.24) is 10.2 Å². The summed E-state index contributed by atoms with van der Waals surface area (Å²) in [6, 6.07) is 24.0. The van der Waals surface area contributed by atoms with Gasteiger partial charge in [0.15, 0.2) is 6.61 Å². The number of carbonyl (C=O) groups is 2. The van der Waals surface area contributed by atoms with Crippen molar-refractivity contribution in [2.45, 2.75) is 31.0 Å². The summed E-state index contributed by atoms with van der Waals surface area (Å²) >= 11 is 0. The maximum Gasteiger partial charge on any atom is 0.261 e. The van der Waals surface area contributed by atoms with Crippen molar-refractivity contribution in [3.8, 4) is 17.2 Å². The third-order valence-electron chi connectivity index (χ3n) is 6.92. The molecule has 4 aromatic rings. The van der Waals surface area contributed by atoms with E-state index in [9.17, 15) is 22.4 Å². The van der Waals surface area contributed by atoms with E-state index in [1.165, 1.54) is 41.3 Å². The van der Waals surface area contributed by atoms with E-state index < -0.39 is 34.4 Å². The average Bonchev–Trinajstić information content (AvgIpc) is 3.06. The first kappa shape index (κ1) is 32.8. The van der Waals surface area contributed by atoms with Gasteiger partial charge in [-0.3, -0.25) is 14.3 Å². The number of anilines is 1. The van der Waals surface area contributed by atoms with Crippen LogP contribution in [0.2, 0.25) is 0 Å². The van der Waals surface area contributed by atoms with Gasteiger partial charge in [-0.1, -0.05) is 30.3 Å². The molecule has 0 radical (unpaired) electrons. The zero-order valence-corrected chi connectivity index (χ0v) is 25.8. The van der Waals surface area contributed by atoms with Gasteiger partial charge in [0, 0.05) is 24.3 Å². The molecule has 0 fully saturated rings. The topological polar surface area (TPSA) is 123 Å². The van der Waals surface area contributed by atoms with E-state index in [1.54, 1.807) is 51.5 Å². The molecule has 4 aromatic carbocycles. The quantitative estimate of drug-likeness (QED) is 0.205. The normalized spacial score (nSPS) is 11.6. The predicted octanol–water partition coefficient (Wildman–Crippen LogP) is 4.76. The van der Waals surface area contributed by atoms with E-state index in [1.807, 2.05) is 18.2 Å². The molecule has 0 bridgehead atoms. The van der Waals surface area contributed by atoms with Gasteiger partial charge in [0.1, 0.15) is 29.1 Å². The zero-order valence-electron chi connectivity index (χ0n) is 25.0. The molecule has 236 valence electrons. The summed E-state index contributed by atoms with van der Waals surface area (Å²) in [6.45, 7) is 1.56. The van der Waals surface area contributed by atoms with E-state index in [-0.39, 0.29) is 35.3 Å². The number of para-hydroxylation sites is 1. The van der Waals surface area contributed by atoms with Crippen LogP contribution in [0.5, 0.6) is 17.2 Å². The van der Waals surface area contributed by atoms with Crippen molar-refractivity contribution in [2.24, 2.45) is 0 Å². The fourth-order valence-corrected chi connectivity index (χ4v) is 5.42. The van der Waals surface area contributed by atoms with Crippen molar-refractivity contribution in [2.75, 3.05) is 25.5 Å². The summed E-state index contributed by atoms with van der Waals surface area (Å²) in [4.78, 5) is 28.0. The number of ether oxygens (including phenoxy) is 3. The molecule has 2 amide bonds. The van der Waals surface area contributed by atoms with E-state index in [4.69, 9.17) is 14.2 Å². The van der Waals surface area contributed by atoms with Crippen LogP contribution in [0.1, 0.15) is 18.1 Å². The van der Waals surface area contributed by atoms with Gasteiger partial charge >= 0.3 is 0 Å². The minimum Gasteiger partial charge on any atom is -0.497 e. The molecule has 0 aliphatic rings. The number of rotatable bonds is 14. The minimum absolute atomic E-state index is 0.0491. The van der Waals surface area contributed by atoms with Crippen LogP contribution in [0.3, 0.4) is 0 Å². The largest absolute Gasteiger partial charge is 0.497 e. The van der Waals surface area contributed by atoms with Gasteiger partial charge in [0.2, 0.25) is 5.91 Å². The Labute approximate surface area is 261 Å². The highest BCUT2D eigenvalue weighted by Gasteiger charge is 2.27. The van der Waals surface area contributed by atoms with Crippen LogP contribution in [-0.4, -0.2) is 52.0 Å². The summed E-state index contributed by atoms with van der Waals surface area (Å²) in [7, 11) is -0.835. The van der Waals surface area contributed by atoms with E-state index in [0.717, 1.165) is 23.3 Å². The maximum absolute atomic E-state index is 13.5. The third kappa shape index (κ3) is 8.96. The Morgan fingerprint density at radius 3 is 2.13 bits per heavy atom. The number of amides is 2. The second-order valence-electron chi connectivity index (χ2n) is 9.95. The van der Waals surface area contributed by atoms with Crippen molar-refractivity contribution < 1.29 is 36.6 Å². The lowest BCUT2D eigenvalue weighted by Crippen LogP contribution is -2.48. The van der Waals surface area contributed by atoms with Gasteiger partial charge in [0.05, 0.1) is 19.1 Å². The van der Waals surface area contributed by atoms with Gasteiger partial charge in [-0.15, -0.1) is 0 Å². The summed E-state index contributed by atoms with van der Waals surface area (Å²) in [5, 5.41) is 2.87. The summed E-state index contributed by atoms with van der Waals surface area (Å²) in [5.41, 5.74) is 1.77. The van der Waals surface area contributed by atoms with Crippen LogP contribution < -0.4 is 24.2 Å². The van der Waals surface area contributed by atoms with Gasteiger partial charge in [0.25, 0.3) is 15.9 Å². The van der Waals surface area contributed by atoms with Crippen molar-refractivity contribution in [1.29, 1.82) is 0 Å². The van der Waals surface area contributed by atoms with Crippen molar-refractivity contribution >= 4 is 27.5 Å². The lowest BCUT2D eigenvalue weighted by molar-refractivity contribution is -0.142. The fourth-order valence-electron chi connectivity index (χ4n) is 4.36. The molecule has 12 heteroatoms. The second kappa shape index (κ2) is 15.1. The number of halogens is 1. The smallest absolute Gasteiger partial charge is 0.261 e. The van der Waals surface area contributed by atoms with Crippen LogP contribution in [0.4, 0.5) is 10.1 Å². The number of nitrogens with zero attached hydrogens (tertiary/aromatic N) is 1. The van der Waals surface area contributed by atoms with Crippen molar-refractivity contribution in [3.63, 3.8) is 0 Å². The molecule has 4 rings (SSSR count). The Balaban J connectivity index is 1.43. The number of benzene rings is 4. The molecule has 10 nitrogen and oxygen atoms in total. The fraction of sp³-hybridized carbons (Fsp3) is 0.212. The van der Waals surface area contributed by atoms with Gasteiger partial charge in [-0.2, -0.15) is 0 Å². The highest BCUT2D eigenvalue weighted by Crippen LogP contribution is 2.21. The average molecular weight is 636 g/mol. The number of methoxy groups -OCH3 is 2. The maximum atomic E-state index is 13.5. The molecule has 1 unspecified atom stereocenters. The van der Waals surface area contributed by atoms with Crippen LogP contribution in [0.25, 0.3) is 0 Å². The summed E-state index contributed by atoms with van der Waals surface area (Å²) in [5.74, 6) is 0.226. The van der Waals surface area contributed by atoms with Gasteiger partial charge in [-0.25, -0.2) is 12.8 Å². The number of carbonyl (C=O) groups excluding carboxylic acids is 2. The summed E-state index contributed by atoms with van der Waals surface area (Å²) in [6.07, 6.45) is 0. The molecule has 0 aromatic heterocycles. The van der Waals surface area contributed by atoms with Gasteiger partial charge < -0.3 is 24.4 Å². The first-order valence-electron chi connectivity index (χ1n) is 13.9. The highest BCUT2D eigenvalue weighted by molar-refractivity contribution is 7.92. The molecule has 0 saturated carbocycles. The Bertz CT molecular complexity index is 1700. The van der Waals surface area contributed by atoms with E-state index >= 15 is 0 Å². The molecule has 0 aliphatic heterocycles. The van der Waals surface area contributed by atoms with Crippen LogP contribution in [0, 0.1) is 5.82 Å². The van der Waals surface area contributed by atoms with Crippen LogP contribution in [0.15, 0.2) is 102 Å². The van der Waals surface area contributed by atoms with Gasteiger partial charge in [-0.05, 0) is 79.2 Å². The molecule has 1 atom stereocenters. The molecule has 0 saturated heterocycles. The third-order valence-corrected chi connectivity index (χ3v) is 8.31. The number of hydrogen-bond donors (Lipinski definition) is 2. The highest BCUT2D eigenvalue weighted by atomic mass is 32.2. The first-order valence-corrected chi connectivity index (χ1v) is 15.4. The lowest BCUT2D eigenvalue weighted by Gasteiger charge is -2.29. The monoisotopic (exact) mass is 635 g/mol. The van der Waals surface area contributed by atoms with Crippen LogP contribution >= 0.6 is 0 Å². The lowest BCUT2D eigenvalue weighted by atomic mass is 10.1. The van der Waals surface area contributed by atoms with Crippen LogP contribution in [-0.2, 0) is 32.7 Å². The molecule has 0 aliphatic carbocycles. The molecule has 0 spiro atoms.